The number of methoxy groups -OCH3 is 1. The van der Waals surface area contributed by atoms with Crippen LogP contribution in [0.25, 0.3) is 0 Å². The van der Waals surface area contributed by atoms with E-state index in [0.29, 0.717) is 11.9 Å². The van der Waals surface area contributed by atoms with E-state index >= 15 is 0 Å². The molecule has 21 heavy (non-hydrogen) atoms. The first-order valence-corrected chi connectivity index (χ1v) is 7.12. The Bertz CT molecular complexity index is 569. The summed E-state index contributed by atoms with van der Waals surface area (Å²) < 4.78 is 5.11. The Morgan fingerprint density at radius 1 is 1.19 bits per heavy atom. The molecular weight excluding hydrogens is 266 g/mol. The molecule has 0 unspecified atom stereocenters. The van der Waals surface area contributed by atoms with Gasteiger partial charge in [-0.1, -0.05) is 0 Å². The number of rotatable bonds is 4. The van der Waals surface area contributed by atoms with Gasteiger partial charge in [0.05, 0.1) is 7.11 Å². The lowest BCUT2D eigenvalue weighted by Crippen LogP contribution is -2.39. The third-order valence-electron chi connectivity index (χ3n) is 3.73. The average molecular weight is 285 g/mol. The maximum Gasteiger partial charge on any atom is 0.218 e. The molecule has 1 N–H and O–H groups in total. The first-order valence-electron chi connectivity index (χ1n) is 7.12. The van der Waals surface area contributed by atoms with Gasteiger partial charge < -0.3 is 15.0 Å². The van der Waals surface area contributed by atoms with Crippen molar-refractivity contribution in [1.29, 1.82) is 0 Å². The van der Waals surface area contributed by atoms with Crippen LogP contribution < -0.4 is 15.0 Å². The largest absolute Gasteiger partial charge is 0.481 e. The maximum atomic E-state index is 5.11. The zero-order chi connectivity index (χ0) is 14.5. The fourth-order valence-corrected chi connectivity index (χ4v) is 2.58. The van der Waals surface area contributed by atoms with Gasteiger partial charge >= 0.3 is 0 Å². The third kappa shape index (κ3) is 3.39. The molecule has 110 valence electrons. The van der Waals surface area contributed by atoms with E-state index in [4.69, 9.17) is 4.74 Å². The van der Waals surface area contributed by atoms with Crippen LogP contribution in [0.15, 0.2) is 36.9 Å². The fraction of sp³-hybridized carbons (Fsp3) is 0.400. The van der Waals surface area contributed by atoms with E-state index in [-0.39, 0.29) is 0 Å². The Labute approximate surface area is 124 Å². The van der Waals surface area contributed by atoms with Crippen molar-refractivity contribution in [3.05, 3.63) is 36.9 Å². The molecule has 6 nitrogen and oxygen atoms in total. The van der Waals surface area contributed by atoms with E-state index in [1.807, 2.05) is 18.5 Å². The second kappa shape index (κ2) is 6.39. The Hall–Kier alpha value is -2.37. The van der Waals surface area contributed by atoms with Crippen molar-refractivity contribution in [2.24, 2.45) is 0 Å². The van der Waals surface area contributed by atoms with Gasteiger partial charge in [-0.05, 0) is 25.0 Å². The van der Waals surface area contributed by atoms with Crippen molar-refractivity contribution in [1.82, 2.24) is 15.0 Å². The molecule has 0 spiro atoms. The topological polar surface area (TPSA) is 63.2 Å². The second-order valence-corrected chi connectivity index (χ2v) is 5.06. The molecule has 0 bridgehead atoms. The minimum Gasteiger partial charge on any atom is -0.481 e. The Kier molecular flexibility index (Phi) is 4.14. The number of hydrogen-bond acceptors (Lipinski definition) is 6. The lowest BCUT2D eigenvalue weighted by molar-refractivity contribution is 0.397. The Morgan fingerprint density at radius 2 is 1.95 bits per heavy atom. The highest BCUT2D eigenvalue weighted by molar-refractivity contribution is 5.45. The van der Waals surface area contributed by atoms with E-state index in [2.05, 4.69) is 37.3 Å². The lowest BCUT2D eigenvalue weighted by atomic mass is 10.0. The number of nitrogens with one attached hydrogen (secondary N) is 1. The van der Waals surface area contributed by atoms with Crippen LogP contribution in [0.3, 0.4) is 0 Å². The van der Waals surface area contributed by atoms with Crippen molar-refractivity contribution in [2.75, 3.05) is 30.4 Å². The molecule has 0 amide bonds. The van der Waals surface area contributed by atoms with E-state index in [0.717, 1.165) is 31.7 Å². The molecule has 1 aliphatic heterocycles. The number of pyridine rings is 1. The van der Waals surface area contributed by atoms with Crippen LogP contribution >= 0.6 is 0 Å². The van der Waals surface area contributed by atoms with Crippen LogP contribution in [0.1, 0.15) is 12.8 Å². The standard InChI is InChI=1S/C15H19N5O/c1-21-15-10-14(17-11-18-15)19-12-4-8-20(9-5-12)13-2-6-16-7-3-13/h2-3,6-7,10-12H,4-5,8-9H2,1H3,(H,17,18,19). The summed E-state index contributed by atoms with van der Waals surface area (Å²) in [6.07, 6.45) is 7.36. The normalized spacial score (nSPS) is 15.8. The average Bonchev–Trinajstić information content (AvgIpc) is 2.56. The quantitative estimate of drug-likeness (QED) is 0.926. The molecule has 2 aromatic rings. The van der Waals surface area contributed by atoms with Crippen LogP contribution in [0.2, 0.25) is 0 Å². The summed E-state index contributed by atoms with van der Waals surface area (Å²) in [5.74, 6) is 1.41. The van der Waals surface area contributed by atoms with E-state index in [1.165, 1.54) is 12.0 Å². The minimum atomic E-state index is 0.433. The summed E-state index contributed by atoms with van der Waals surface area (Å²) in [5, 5.41) is 3.46. The molecule has 0 aliphatic carbocycles. The van der Waals surface area contributed by atoms with Crippen LogP contribution in [0.5, 0.6) is 5.88 Å². The van der Waals surface area contributed by atoms with Crippen LogP contribution in [-0.2, 0) is 0 Å². The molecule has 2 aromatic heterocycles. The molecule has 1 saturated heterocycles. The zero-order valence-electron chi connectivity index (χ0n) is 12.1. The van der Waals surface area contributed by atoms with E-state index in [9.17, 15) is 0 Å². The molecule has 6 heteroatoms. The first kappa shape index (κ1) is 13.6. The van der Waals surface area contributed by atoms with Crippen molar-refractivity contribution in [2.45, 2.75) is 18.9 Å². The highest BCUT2D eigenvalue weighted by atomic mass is 16.5. The molecule has 1 fully saturated rings. The second-order valence-electron chi connectivity index (χ2n) is 5.06. The van der Waals surface area contributed by atoms with Gasteiger partial charge in [-0.25, -0.2) is 9.97 Å². The van der Waals surface area contributed by atoms with Gasteiger partial charge in [0.25, 0.3) is 0 Å². The molecular formula is C15H19N5O. The molecule has 1 aliphatic rings. The zero-order valence-corrected chi connectivity index (χ0v) is 12.1. The molecule has 0 radical (unpaired) electrons. The monoisotopic (exact) mass is 285 g/mol. The molecule has 0 aromatic carbocycles. The maximum absolute atomic E-state index is 5.11. The fourth-order valence-electron chi connectivity index (χ4n) is 2.58. The highest BCUT2D eigenvalue weighted by Crippen LogP contribution is 2.21. The SMILES string of the molecule is COc1cc(NC2CCN(c3ccncc3)CC2)ncn1. The first-order chi connectivity index (χ1) is 10.3. The number of aromatic nitrogens is 3. The highest BCUT2D eigenvalue weighted by Gasteiger charge is 2.19. The summed E-state index contributed by atoms with van der Waals surface area (Å²) in [6, 6.07) is 6.38. The van der Waals surface area contributed by atoms with Crippen molar-refractivity contribution in [3.63, 3.8) is 0 Å². The van der Waals surface area contributed by atoms with Gasteiger partial charge in [0.15, 0.2) is 0 Å². The summed E-state index contributed by atoms with van der Waals surface area (Å²) >= 11 is 0. The lowest BCUT2D eigenvalue weighted by Gasteiger charge is -2.34. The molecule has 0 atom stereocenters. The minimum absolute atomic E-state index is 0.433. The smallest absolute Gasteiger partial charge is 0.218 e. The summed E-state index contributed by atoms with van der Waals surface area (Å²) in [7, 11) is 1.61. The van der Waals surface area contributed by atoms with Gasteiger partial charge in [-0.3, -0.25) is 4.98 Å². The van der Waals surface area contributed by atoms with Crippen molar-refractivity contribution < 1.29 is 4.74 Å². The van der Waals surface area contributed by atoms with Gasteiger partial charge in [0, 0.05) is 43.3 Å². The number of anilines is 2. The molecule has 3 rings (SSSR count). The van der Waals surface area contributed by atoms with Gasteiger partial charge in [0.2, 0.25) is 5.88 Å². The number of hydrogen-bond donors (Lipinski definition) is 1. The summed E-state index contributed by atoms with van der Waals surface area (Å²) in [4.78, 5) is 14.7. The predicted molar refractivity (Wildman–Crippen MR) is 81.7 cm³/mol. The van der Waals surface area contributed by atoms with Crippen molar-refractivity contribution >= 4 is 11.5 Å². The van der Waals surface area contributed by atoms with E-state index in [1.54, 1.807) is 7.11 Å². The number of nitrogens with zero attached hydrogens (tertiary/aromatic N) is 4. The summed E-state index contributed by atoms with van der Waals surface area (Å²) in [5.41, 5.74) is 1.24. The number of ether oxygens (including phenoxy) is 1. The van der Waals surface area contributed by atoms with Crippen LogP contribution in [-0.4, -0.2) is 41.2 Å². The van der Waals surface area contributed by atoms with Gasteiger partial charge in [0.1, 0.15) is 12.1 Å². The Morgan fingerprint density at radius 3 is 2.67 bits per heavy atom. The Balaban J connectivity index is 1.56. The third-order valence-corrected chi connectivity index (χ3v) is 3.73. The number of piperidine rings is 1. The molecule has 3 heterocycles. The van der Waals surface area contributed by atoms with Crippen molar-refractivity contribution in [3.8, 4) is 5.88 Å². The predicted octanol–water partition coefficient (Wildman–Crippen LogP) is 1.96. The van der Waals surface area contributed by atoms with Crippen LogP contribution in [0.4, 0.5) is 11.5 Å². The summed E-state index contributed by atoms with van der Waals surface area (Å²) in [6.45, 7) is 2.06. The molecule has 0 saturated carbocycles. The van der Waals surface area contributed by atoms with E-state index < -0.39 is 0 Å². The van der Waals surface area contributed by atoms with Gasteiger partial charge in [-0.15, -0.1) is 0 Å². The van der Waals surface area contributed by atoms with Crippen LogP contribution in [0, 0.1) is 0 Å². The van der Waals surface area contributed by atoms with Gasteiger partial charge in [-0.2, -0.15) is 0 Å².